The van der Waals surface area contributed by atoms with Gasteiger partial charge in [-0.25, -0.2) is 0 Å². The fourth-order valence-electron chi connectivity index (χ4n) is 3.22. The number of rotatable bonds is 21. The van der Waals surface area contributed by atoms with Crippen LogP contribution in [0.5, 0.6) is 0 Å². The summed E-state index contributed by atoms with van der Waals surface area (Å²) in [5.41, 5.74) is 0. The molecule has 1 aromatic rings. The first-order valence-corrected chi connectivity index (χ1v) is 14.1. The maximum Gasteiger partial charge on any atom is 0.231 e. The third kappa shape index (κ3) is 13.0. The highest BCUT2D eigenvalue weighted by Gasteiger charge is 2.21. The van der Waals surface area contributed by atoms with Gasteiger partial charge in [0.2, 0.25) is 17.8 Å². The average molecular weight is 511 g/mol. The SMILES string of the molecule is CCCCOC(Nc1nc(NC(OCCCC)C(C)C)nc(NC(OCCCC)C(C)C)n1)C(C)C. The Bertz CT molecular complexity index is 587. The standard InChI is InChI=1S/C27H54N6O3/c1-10-13-16-34-22(19(4)5)28-25-31-26(29-23(20(6)7)35-17-14-11-2)33-27(32-25)30-24(21(8)9)36-18-15-12-3/h19-24H,10-18H2,1-9H3,(H3,28,29,30,31,32,33). The molecule has 0 aliphatic heterocycles. The normalized spacial score (nSPS) is 14.3. The van der Waals surface area contributed by atoms with E-state index in [4.69, 9.17) is 14.2 Å². The first kappa shape index (κ1) is 32.3. The van der Waals surface area contributed by atoms with Crippen molar-refractivity contribution in [1.29, 1.82) is 0 Å². The van der Waals surface area contributed by atoms with Crippen LogP contribution < -0.4 is 16.0 Å². The molecule has 0 bridgehead atoms. The van der Waals surface area contributed by atoms with Crippen LogP contribution in [0.1, 0.15) is 101 Å². The maximum atomic E-state index is 6.10. The molecule has 0 aromatic carbocycles. The van der Waals surface area contributed by atoms with E-state index in [1.165, 1.54) is 0 Å². The summed E-state index contributed by atoms with van der Waals surface area (Å²) < 4.78 is 18.3. The lowest BCUT2D eigenvalue weighted by atomic mass is 10.2. The molecule has 210 valence electrons. The number of aromatic nitrogens is 3. The molecular formula is C27H54N6O3. The summed E-state index contributed by atoms with van der Waals surface area (Å²) in [5, 5.41) is 10.1. The Balaban J connectivity index is 3.19. The van der Waals surface area contributed by atoms with Gasteiger partial charge in [0.05, 0.1) is 0 Å². The molecule has 0 saturated heterocycles. The van der Waals surface area contributed by atoms with Gasteiger partial charge in [0.15, 0.2) is 0 Å². The molecule has 1 heterocycles. The van der Waals surface area contributed by atoms with Gasteiger partial charge in [-0.3, -0.25) is 0 Å². The van der Waals surface area contributed by atoms with Gasteiger partial charge in [-0.05, 0) is 37.0 Å². The van der Waals surface area contributed by atoms with Crippen LogP contribution in [-0.2, 0) is 14.2 Å². The molecule has 1 aromatic heterocycles. The van der Waals surface area contributed by atoms with Crippen molar-refractivity contribution in [1.82, 2.24) is 15.0 Å². The lowest BCUT2D eigenvalue weighted by molar-refractivity contribution is 0.0382. The Morgan fingerprint density at radius 1 is 0.500 bits per heavy atom. The van der Waals surface area contributed by atoms with Crippen molar-refractivity contribution in [2.24, 2.45) is 17.8 Å². The van der Waals surface area contributed by atoms with Crippen LogP contribution in [0.2, 0.25) is 0 Å². The van der Waals surface area contributed by atoms with Crippen molar-refractivity contribution < 1.29 is 14.2 Å². The second-order valence-corrected chi connectivity index (χ2v) is 10.4. The lowest BCUT2D eigenvalue weighted by Gasteiger charge is -2.26. The first-order valence-electron chi connectivity index (χ1n) is 14.1. The predicted octanol–water partition coefficient (Wildman–Crippen LogP) is 6.50. The lowest BCUT2D eigenvalue weighted by Crippen LogP contribution is -2.34. The summed E-state index contributed by atoms with van der Waals surface area (Å²) in [6.45, 7) is 21.3. The van der Waals surface area contributed by atoms with E-state index in [9.17, 15) is 0 Å². The summed E-state index contributed by atoms with van der Waals surface area (Å²) in [5.74, 6) is 2.10. The van der Waals surface area contributed by atoms with Crippen molar-refractivity contribution >= 4 is 17.8 Å². The molecular weight excluding hydrogens is 456 g/mol. The minimum atomic E-state index is -0.206. The van der Waals surface area contributed by atoms with Gasteiger partial charge < -0.3 is 30.2 Å². The van der Waals surface area contributed by atoms with Crippen molar-refractivity contribution in [2.75, 3.05) is 35.8 Å². The number of hydrogen-bond donors (Lipinski definition) is 3. The zero-order valence-electron chi connectivity index (χ0n) is 24.4. The van der Waals surface area contributed by atoms with E-state index in [-0.39, 0.29) is 36.4 Å². The van der Waals surface area contributed by atoms with Crippen LogP contribution in [0.15, 0.2) is 0 Å². The van der Waals surface area contributed by atoms with Crippen molar-refractivity contribution in [3.63, 3.8) is 0 Å². The van der Waals surface area contributed by atoms with Gasteiger partial charge in [0.25, 0.3) is 0 Å². The number of hydrogen-bond acceptors (Lipinski definition) is 9. The monoisotopic (exact) mass is 510 g/mol. The largest absolute Gasteiger partial charge is 0.358 e. The number of nitrogens with zero attached hydrogens (tertiary/aromatic N) is 3. The van der Waals surface area contributed by atoms with Crippen LogP contribution in [-0.4, -0.2) is 53.5 Å². The van der Waals surface area contributed by atoms with Gasteiger partial charge in [-0.2, -0.15) is 15.0 Å². The third-order valence-electron chi connectivity index (χ3n) is 5.65. The molecule has 0 aliphatic carbocycles. The molecule has 3 N–H and O–H groups in total. The minimum Gasteiger partial charge on any atom is -0.358 e. The van der Waals surface area contributed by atoms with Crippen molar-refractivity contribution in [3.05, 3.63) is 0 Å². The predicted molar refractivity (Wildman–Crippen MR) is 149 cm³/mol. The Morgan fingerprint density at radius 3 is 0.944 bits per heavy atom. The molecule has 0 amide bonds. The van der Waals surface area contributed by atoms with Gasteiger partial charge in [-0.1, -0.05) is 81.6 Å². The molecule has 0 saturated carbocycles. The highest BCUT2D eigenvalue weighted by Crippen LogP contribution is 2.19. The van der Waals surface area contributed by atoms with Crippen molar-refractivity contribution in [3.8, 4) is 0 Å². The summed E-state index contributed by atoms with van der Waals surface area (Å²) in [7, 11) is 0. The Labute approximate surface area is 220 Å². The molecule has 9 heteroatoms. The molecule has 36 heavy (non-hydrogen) atoms. The number of unbranched alkanes of at least 4 members (excludes halogenated alkanes) is 3. The van der Waals surface area contributed by atoms with Crippen molar-refractivity contribution in [2.45, 2.75) is 120 Å². The van der Waals surface area contributed by atoms with Gasteiger partial charge >= 0.3 is 0 Å². The molecule has 3 unspecified atom stereocenters. The van der Waals surface area contributed by atoms with Crippen LogP contribution in [0.4, 0.5) is 17.8 Å². The van der Waals surface area contributed by atoms with E-state index >= 15 is 0 Å². The fourth-order valence-corrected chi connectivity index (χ4v) is 3.22. The average Bonchev–Trinajstić information content (AvgIpc) is 2.82. The fraction of sp³-hybridized carbons (Fsp3) is 0.889. The zero-order valence-corrected chi connectivity index (χ0v) is 24.4. The van der Waals surface area contributed by atoms with E-state index in [0.717, 1.165) is 38.5 Å². The molecule has 1 rings (SSSR count). The molecule has 0 radical (unpaired) electrons. The number of anilines is 3. The maximum absolute atomic E-state index is 6.10. The van der Waals surface area contributed by atoms with Crippen LogP contribution in [0.3, 0.4) is 0 Å². The van der Waals surface area contributed by atoms with E-state index < -0.39 is 0 Å². The molecule has 0 spiro atoms. The van der Waals surface area contributed by atoms with E-state index in [2.05, 4.69) is 93.2 Å². The van der Waals surface area contributed by atoms with Gasteiger partial charge in [-0.15, -0.1) is 0 Å². The topological polar surface area (TPSA) is 102 Å². The van der Waals surface area contributed by atoms with Gasteiger partial charge in [0.1, 0.15) is 18.7 Å². The number of nitrogens with one attached hydrogen (secondary N) is 3. The van der Waals surface area contributed by atoms with Crippen LogP contribution in [0.25, 0.3) is 0 Å². The zero-order chi connectivity index (χ0) is 26.9. The van der Waals surface area contributed by atoms with Crippen LogP contribution >= 0.6 is 0 Å². The van der Waals surface area contributed by atoms with E-state index in [0.29, 0.717) is 37.7 Å². The smallest absolute Gasteiger partial charge is 0.231 e. The summed E-state index contributed by atoms with van der Waals surface area (Å²) in [6, 6.07) is 0. The highest BCUT2D eigenvalue weighted by atomic mass is 16.5. The molecule has 3 atom stereocenters. The molecule has 0 fully saturated rings. The summed E-state index contributed by atoms with van der Waals surface area (Å²) in [6.07, 6.45) is 5.68. The van der Waals surface area contributed by atoms with E-state index in [1.807, 2.05) is 0 Å². The number of ether oxygens (including phenoxy) is 3. The van der Waals surface area contributed by atoms with Crippen LogP contribution in [0, 0.1) is 17.8 Å². The summed E-state index contributed by atoms with van der Waals surface area (Å²) in [4.78, 5) is 14.0. The van der Waals surface area contributed by atoms with E-state index in [1.54, 1.807) is 0 Å². The Kier molecular flexibility index (Phi) is 16.6. The Morgan fingerprint density at radius 2 is 0.750 bits per heavy atom. The molecule has 9 nitrogen and oxygen atoms in total. The summed E-state index contributed by atoms with van der Waals surface area (Å²) >= 11 is 0. The highest BCUT2D eigenvalue weighted by molar-refractivity contribution is 5.43. The van der Waals surface area contributed by atoms with Gasteiger partial charge in [0, 0.05) is 19.8 Å². The second-order valence-electron chi connectivity index (χ2n) is 10.4. The quantitative estimate of drug-likeness (QED) is 0.126. The second kappa shape index (κ2) is 18.5. The molecule has 0 aliphatic rings. The Hall–Kier alpha value is -1.71. The third-order valence-corrected chi connectivity index (χ3v) is 5.65. The first-order chi connectivity index (χ1) is 17.2. The minimum absolute atomic E-state index is 0.206.